The van der Waals surface area contributed by atoms with Crippen LogP contribution < -0.4 is 0 Å². The van der Waals surface area contributed by atoms with E-state index in [0.717, 1.165) is 16.5 Å². The minimum atomic E-state index is -1.25. The molecule has 134 valence electrons. The van der Waals surface area contributed by atoms with Crippen molar-refractivity contribution >= 4 is 29.0 Å². The van der Waals surface area contributed by atoms with Gasteiger partial charge in [0.05, 0.1) is 10.7 Å². The number of hydrogen-bond acceptors (Lipinski definition) is 6. The number of rotatable bonds is 5. The molecule has 0 radical (unpaired) electrons. The van der Waals surface area contributed by atoms with Gasteiger partial charge in [0.25, 0.3) is 5.91 Å². The monoisotopic (exact) mass is 373 g/mol. The van der Waals surface area contributed by atoms with Crippen molar-refractivity contribution in [3.8, 4) is 0 Å². The maximum absolute atomic E-state index is 13.9. The van der Waals surface area contributed by atoms with E-state index in [0.29, 0.717) is 38.2 Å². The first kappa shape index (κ1) is 18.1. The molecule has 0 saturated carbocycles. The van der Waals surface area contributed by atoms with Gasteiger partial charge in [-0.2, -0.15) is 11.8 Å². The molecule has 0 aliphatic carbocycles. The lowest BCUT2D eigenvalue weighted by atomic mass is 10.0. The number of likely N-dealkylation sites (N-methyl/N-ethyl adjacent to an activating group) is 1. The smallest absolute Gasteiger partial charge is 0.255 e. The fourth-order valence-electron chi connectivity index (χ4n) is 3.47. The number of carbonyl (C=O) groups excluding carboxylic acids is 1. The van der Waals surface area contributed by atoms with Gasteiger partial charge in [-0.05, 0) is 25.5 Å². The van der Waals surface area contributed by atoms with Crippen molar-refractivity contribution in [1.29, 1.82) is 0 Å². The Hall–Kier alpha value is -0.700. The van der Waals surface area contributed by atoms with Gasteiger partial charge in [-0.3, -0.25) is 9.69 Å². The molecule has 24 heavy (non-hydrogen) atoms. The van der Waals surface area contributed by atoms with E-state index in [-0.39, 0.29) is 11.9 Å². The summed E-state index contributed by atoms with van der Waals surface area (Å²) in [6.45, 7) is 3.39. The summed E-state index contributed by atoms with van der Waals surface area (Å²) >= 11 is 3.19. The van der Waals surface area contributed by atoms with Crippen LogP contribution in [0, 0.1) is 6.92 Å². The van der Waals surface area contributed by atoms with Crippen molar-refractivity contribution in [1.82, 2.24) is 14.8 Å². The lowest BCUT2D eigenvalue weighted by Crippen LogP contribution is -2.51. The average Bonchev–Trinajstić information content (AvgIpc) is 3.22. The van der Waals surface area contributed by atoms with Gasteiger partial charge in [-0.1, -0.05) is 0 Å². The topological polar surface area (TPSA) is 56.7 Å². The van der Waals surface area contributed by atoms with E-state index >= 15 is 0 Å². The second-order valence-electron chi connectivity index (χ2n) is 6.79. The number of carbonyl (C=O) groups is 1. The number of aryl methyl sites for hydroxylation is 1. The Morgan fingerprint density at radius 1 is 1.62 bits per heavy atom. The van der Waals surface area contributed by atoms with Crippen molar-refractivity contribution in [3.05, 3.63) is 16.1 Å². The summed E-state index contributed by atoms with van der Waals surface area (Å²) in [5.41, 5.74) is -0.291. The number of halogens is 1. The number of aliphatic hydroxyl groups is 1. The zero-order valence-corrected chi connectivity index (χ0v) is 15.7. The number of thioether (sulfide) groups is 1. The van der Waals surface area contributed by atoms with Crippen LogP contribution >= 0.6 is 23.1 Å². The zero-order chi connectivity index (χ0) is 17.3. The van der Waals surface area contributed by atoms with E-state index in [1.54, 1.807) is 35.0 Å². The molecular formula is C16H24FN3O2S2. The quantitative estimate of drug-likeness (QED) is 0.851. The predicted octanol–water partition coefficient (Wildman–Crippen LogP) is 1.69. The second kappa shape index (κ2) is 7.27. The minimum Gasteiger partial charge on any atom is -0.379 e. The Bertz CT molecular complexity index is 592. The molecule has 0 spiro atoms. The first-order valence-corrected chi connectivity index (χ1v) is 10.3. The Labute approximate surface area is 150 Å². The largest absolute Gasteiger partial charge is 0.379 e. The highest BCUT2D eigenvalue weighted by Crippen LogP contribution is 2.30. The molecule has 1 aromatic rings. The summed E-state index contributed by atoms with van der Waals surface area (Å²) in [5.74, 6) is 1.02. The molecule has 1 aromatic heterocycles. The van der Waals surface area contributed by atoms with Crippen molar-refractivity contribution in [2.45, 2.75) is 44.1 Å². The maximum atomic E-state index is 13.9. The lowest BCUT2D eigenvalue weighted by Gasteiger charge is -2.32. The molecule has 3 heterocycles. The van der Waals surface area contributed by atoms with Crippen LogP contribution in [-0.4, -0.2) is 75.3 Å². The van der Waals surface area contributed by atoms with Gasteiger partial charge in [0.1, 0.15) is 6.17 Å². The van der Waals surface area contributed by atoms with Gasteiger partial charge in [-0.25, -0.2) is 9.37 Å². The highest BCUT2D eigenvalue weighted by atomic mass is 32.2. The Balaban J connectivity index is 1.62. The van der Waals surface area contributed by atoms with Gasteiger partial charge >= 0.3 is 0 Å². The highest BCUT2D eigenvalue weighted by molar-refractivity contribution is 7.99. The summed E-state index contributed by atoms with van der Waals surface area (Å²) < 4.78 is 13.9. The number of nitrogens with zero attached hydrogens (tertiary/aromatic N) is 3. The maximum Gasteiger partial charge on any atom is 0.255 e. The molecule has 0 unspecified atom stereocenters. The third-order valence-electron chi connectivity index (χ3n) is 4.74. The molecule has 5 nitrogen and oxygen atoms in total. The second-order valence-corrected chi connectivity index (χ2v) is 8.96. The van der Waals surface area contributed by atoms with Crippen molar-refractivity contribution in [2.75, 3.05) is 31.6 Å². The molecule has 1 N–H and O–H groups in total. The molecule has 0 aromatic carbocycles. The molecule has 2 fully saturated rings. The molecule has 2 aliphatic heterocycles. The van der Waals surface area contributed by atoms with Crippen LogP contribution in [0.1, 0.15) is 23.5 Å². The zero-order valence-electron chi connectivity index (χ0n) is 14.1. The summed E-state index contributed by atoms with van der Waals surface area (Å²) in [6.07, 6.45) is 0.0517. The molecule has 3 rings (SSSR count). The van der Waals surface area contributed by atoms with Crippen LogP contribution in [0.4, 0.5) is 4.39 Å². The molecule has 2 saturated heterocycles. The third-order valence-corrected chi connectivity index (χ3v) is 6.74. The number of amides is 1. The van der Waals surface area contributed by atoms with Crippen molar-refractivity contribution in [2.24, 2.45) is 0 Å². The van der Waals surface area contributed by atoms with E-state index in [1.165, 1.54) is 0 Å². The Kier molecular flexibility index (Phi) is 5.48. The normalized spacial score (nSPS) is 30.8. The van der Waals surface area contributed by atoms with E-state index in [2.05, 4.69) is 9.88 Å². The molecular weight excluding hydrogens is 349 g/mol. The first-order valence-electron chi connectivity index (χ1n) is 8.22. The number of hydrogen-bond donors (Lipinski definition) is 1. The molecule has 3 atom stereocenters. The predicted molar refractivity (Wildman–Crippen MR) is 95.1 cm³/mol. The van der Waals surface area contributed by atoms with Gasteiger partial charge in [0, 0.05) is 43.9 Å². The fraction of sp³-hybridized carbons (Fsp3) is 0.750. The number of alkyl halides is 1. The van der Waals surface area contributed by atoms with Crippen molar-refractivity contribution < 1.29 is 14.3 Å². The molecule has 2 aliphatic rings. The van der Waals surface area contributed by atoms with Crippen LogP contribution in [0.15, 0.2) is 5.38 Å². The van der Waals surface area contributed by atoms with Gasteiger partial charge in [-0.15, -0.1) is 11.3 Å². The highest BCUT2D eigenvalue weighted by Gasteiger charge is 2.42. The Morgan fingerprint density at radius 2 is 2.42 bits per heavy atom. The third kappa shape index (κ3) is 3.92. The minimum absolute atomic E-state index is 0.0337. The van der Waals surface area contributed by atoms with E-state index < -0.39 is 11.8 Å². The summed E-state index contributed by atoms with van der Waals surface area (Å²) in [5, 5.41) is 13.5. The summed E-state index contributed by atoms with van der Waals surface area (Å²) in [7, 11) is 1.71. The van der Waals surface area contributed by atoms with Gasteiger partial charge in [0.15, 0.2) is 5.60 Å². The molecule has 0 bridgehead atoms. The van der Waals surface area contributed by atoms with E-state index in [1.807, 2.05) is 12.3 Å². The van der Waals surface area contributed by atoms with Gasteiger partial charge < -0.3 is 10.0 Å². The van der Waals surface area contributed by atoms with Crippen LogP contribution in [0.25, 0.3) is 0 Å². The van der Waals surface area contributed by atoms with E-state index in [9.17, 15) is 14.3 Å². The number of likely N-dealkylation sites (tertiary alicyclic amines) is 1. The van der Waals surface area contributed by atoms with Crippen LogP contribution in [-0.2, 0) is 11.3 Å². The Morgan fingerprint density at radius 3 is 3.04 bits per heavy atom. The summed E-state index contributed by atoms with van der Waals surface area (Å²) in [4.78, 5) is 20.6. The van der Waals surface area contributed by atoms with Crippen LogP contribution in [0.3, 0.4) is 0 Å². The molecule has 8 heteroatoms. The fourth-order valence-corrected chi connectivity index (χ4v) is 5.31. The summed E-state index contributed by atoms with van der Waals surface area (Å²) in [6, 6.07) is -0.0337. The van der Waals surface area contributed by atoms with Crippen molar-refractivity contribution in [3.63, 3.8) is 0 Å². The number of aromatic nitrogens is 1. The standard InChI is InChI=1S/C16H24FN3O2S2/c1-11-18-13(9-24-11)7-20-6-12(17)5-14(20)8-19(2)15(21)16(22)3-4-23-10-16/h9,12,14,22H,3-8,10H2,1-2H3/t12-,14-,16+/m0/s1. The van der Waals surface area contributed by atoms with Gasteiger partial charge in [0.2, 0.25) is 0 Å². The van der Waals surface area contributed by atoms with E-state index in [4.69, 9.17) is 0 Å². The lowest BCUT2D eigenvalue weighted by molar-refractivity contribution is -0.148. The SMILES string of the molecule is Cc1nc(CN2C[C@@H](F)C[C@H]2CN(C)C(=O)[C@@]2(O)CCSC2)cs1. The number of thiazole rings is 1. The molecule has 1 amide bonds. The average molecular weight is 374 g/mol. The van der Waals surface area contributed by atoms with Crippen LogP contribution in [0.5, 0.6) is 0 Å². The van der Waals surface area contributed by atoms with Crippen LogP contribution in [0.2, 0.25) is 0 Å². The first-order chi connectivity index (χ1) is 11.4.